The molecule has 3 N–H and O–H groups in total. The average Bonchev–Trinajstić information content (AvgIpc) is 2.42. The molecule has 1 aliphatic rings. The Morgan fingerprint density at radius 3 is 2.67 bits per heavy atom. The van der Waals surface area contributed by atoms with Crippen LogP contribution in [0, 0.1) is 5.92 Å². The molecule has 1 saturated carbocycles. The maximum atomic E-state index is 6.16. The van der Waals surface area contributed by atoms with E-state index in [0.717, 1.165) is 21.6 Å². The van der Waals surface area contributed by atoms with Gasteiger partial charge < -0.3 is 0 Å². The molecule has 1 aromatic rings. The van der Waals surface area contributed by atoms with Crippen molar-refractivity contribution in [2.45, 2.75) is 43.0 Å². The number of thioether (sulfide) groups is 1. The van der Waals surface area contributed by atoms with Crippen molar-refractivity contribution < 1.29 is 0 Å². The van der Waals surface area contributed by atoms with Gasteiger partial charge in [0.2, 0.25) is 0 Å². The van der Waals surface area contributed by atoms with E-state index in [-0.39, 0.29) is 0 Å². The Labute approximate surface area is 119 Å². The second kappa shape index (κ2) is 7.39. The van der Waals surface area contributed by atoms with Crippen molar-refractivity contribution in [1.82, 2.24) is 5.43 Å². The van der Waals surface area contributed by atoms with Gasteiger partial charge in [0, 0.05) is 16.7 Å². The highest BCUT2D eigenvalue weighted by Gasteiger charge is 2.22. The van der Waals surface area contributed by atoms with Gasteiger partial charge in [-0.3, -0.25) is 11.3 Å². The number of hydrogen-bond donors (Lipinski definition) is 2. The van der Waals surface area contributed by atoms with Crippen LogP contribution in [0.5, 0.6) is 0 Å². The third-order valence-corrected chi connectivity index (χ3v) is 5.32. The quantitative estimate of drug-likeness (QED) is 0.490. The van der Waals surface area contributed by atoms with E-state index in [1.165, 1.54) is 32.1 Å². The molecule has 1 fully saturated rings. The monoisotopic (exact) mass is 284 g/mol. The Bertz CT molecular complexity index is 367. The predicted octanol–water partition coefficient (Wildman–Crippen LogP) is 3.84. The molecule has 4 heteroatoms. The fourth-order valence-electron chi connectivity index (χ4n) is 2.60. The summed E-state index contributed by atoms with van der Waals surface area (Å²) in [5, 5.41) is 0.835. The molecule has 0 spiro atoms. The lowest BCUT2D eigenvalue weighted by Gasteiger charge is -2.29. The van der Waals surface area contributed by atoms with Gasteiger partial charge in [0.05, 0.1) is 5.02 Å². The molecule has 0 radical (unpaired) electrons. The Kier molecular flexibility index (Phi) is 5.83. The molecule has 2 rings (SSSR count). The molecule has 18 heavy (non-hydrogen) atoms. The standard InChI is InChI=1S/C14H21ClN2S/c15-12-8-4-5-9-14(12)18-10-13(17-16)11-6-2-1-3-7-11/h4-5,8-9,11,13,17H,1-3,6-7,10,16H2. The van der Waals surface area contributed by atoms with Crippen LogP contribution in [-0.2, 0) is 0 Å². The number of benzene rings is 1. The molecule has 1 aromatic carbocycles. The van der Waals surface area contributed by atoms with Crippen LogP contribution in [0.4, 0.5) is 0 Å². The van der Waals surface area contributed by atoms with E-state index in [1.54, 1.807) is 11.8 Å². The molecule has 1 unspecified atom stereocenters. The van der Waals surface area contributed by atoms with Gasteiger partial charge in [-0.2, -0.15) is 0 Å². The molecular weight excluding hydrogens is 264 g/mol. The van der Waals surface area contributed by atoms with Gasteiger partial charge in [-0.1, -0.05) is 43.0 Å². The smallest absolute Gasteiger partial charge is 0.0541 e. The summed E-state index contributed by atoms with van der Waals surface area (Å²) in [6, 6.07) is 8.40. The minimum absolute atomic E-state index is 0.395. The van der Waals surface area contributed by atoms with Crippen LogP contribution in [0.1, 0.15) is 32.1 Å². The Balaban J connectivity index is 1.88. The van der Waals surface area contributed by atoms with E-state index in [2.05, 4.69) is 11.5 Å². The number of rotatable bonds is 5. The average molecular weight is 285 g/mol. The highest BCUT2D eigenvalue weighted by atomic mass is 35.5. The summed E-state index contributed by atoms with van der Waals surface area (Å²) in [5.41, 5.74) is 3.00. The van der Waals surface area contributed by atoms with Gasteiger partial charge in [0.15, 0.2) is 0 Å². The van der Waals surface area contributed by atoms with Crippen molar-refractivity contribution in [3.8, 4) is 0 Å². The first-order valence-electron chi connectivity index (χ1n) is 6.64. The minimum atomic E-state index is 0.395. The Morgan fingerprint density at radius 2 is 2.00 bits per heavy atom. The molecule has 0 aromatic heterocycles. The SMILES string of the molecule is NNC(CSc1ccccc1Cl)C1CCCCC1. The topological polar surface area (TPSA) is 38.0 Å². The van der Waals surface area contributed by atoms with Crippen molar-refractivity contribution in [3.05, 3.63) is 29.3 Å². The highest BCUT2D eigenvalue weighted by molar-refractivity contribution is 7.99. The zero-order valence-corrected chi connectivity index (χ0v) is 12.1. The van der Waals surface area contributed by atoms with Crippen LogP contribution < -0.4 is 11.3 Å². The van der Waals surface area contributed by atoms with E-state index in [4.69, 9.17) is 17.4 Å². The lowest BCUT2D eigenvalue weighted by atomic mass is 9.85. The lowest BCUT2D eigenvalue weighted by molar-refractivity contribution is 0.287. The maximum Gasteiger partial charge on any atom is 0.0541 e. The van der Waals surface area contributed by atoms with Crippen molar-refractivity contribution in [2.75, 3.05) is 5.75 Å². The summed E-state index contributed by atoms with van der Waals surface area (Å²) in [4.78, 5) is 1.15. The van der Waals surface area contributed by atoms with Crippen molar-refractivity contribution >= 4 is 23.4 Å². The number of hydrogen-bond acceptors (Lipinski definition) is 3. The largest absolute Gasteiger partial charge is 0.271 e. The number of hydrazine groups is 1. The molecule has 1 atom stereocenters. The highest BCUT2D eigenvalue weighted by Crippen LogP contribution is 2.31. The third kappa shape index (κ3) is 3.89. The fraction of sp³-hybridized carbons (Fsp3) is 0.571. The van der Waals surface area contributed by atoms with Gasteiger partial charge in [-0.05, 0) is 30.9 Å². The Hall–Kier alpha value is -0.220. The molecule has 2 nitrogen and oxygen atoms in total. The zero-order chi connectivity index (χ0) is 12.8. The van der Waals surface area contributed by atoms with Crippen LogP contribution >= 0.6 is 23.4 Å². The van der Waals surface area contributed by atoms with Gasteiger partial charge in [-0.15, -0.1) is 11.8 Å². The maximum absolute atomic E-state index is 6.16. The van der Waals surface area contributed by atoms with Crippen LogP contribution in [-0.4, -0.2) is 11.8 Å². The van der Waals surface area contributed by atoms with E-state index in [9.17, 15) is 0 Å². The molecule has 0 aliphatic heterocycles. The molecule has 1 aliphatic carbocycles. The summed E-state index contributed by atoms with van der Waals surface area (Å²) in [5.74, 6) is 7.42. The van der Waals surface area contributed by atoms with E-state index < -0.39 is 0 Å². The van der Waals surface area contributed by atoms with Crippen molar-refractivity contribution in [2.24, 2.45) is 11.8 Å². The molecule has 100 valence electrons. The molecular formula is C14H21ClN2S. The van der Waals surface area contributed by atoms with Crippen molar-refractivity contribution in [1.29, 1.82) is 0 Å². The summed E-state index contributed by atoms with van der Waals surface area (Å²) in [6.45, 7) is 0. The normalized spacial score (nSPS) is 18.8. The third-order valence-electron chi connectivity index (χ3n) is 3.69. The molecule has 0 bridgehead atoms. The summed E-state index contributed by atoms with van der Waals surface area (Å²) < 4.78 is 0. The van der Waals surface area contributed by atoms with E-state index >= 15 is 0 Å². The summed E-state index contributed by atoms with van der Waals surface area (Å²) in [7, 11) is 0. The van der Waals surface area contributed by atoms with Crippen molar-refractivity contribution in [3.63, 3.8) is 0 Å². The Morgan fingerprint density at radius 1 is 1.28 bits per heavy atom. The second-order valence-electron chi connectivity index (χ2n) is 4.91. The summed E-state index contributed by atoms with van der Waals surface area (Å²) >= 11 is 7.96. The fourth-order valence-corrected chi connectivity index (χ4v) is 4.01. The number of halogens is 1. The minimum Gasteiger partial charge on any atom is -0.271 e. The number of nitrogens with two attached hydrogens (primary N) is 1. The van der Waals surface area contributed by atoms with Gasteiger partial charge >= 0.3 is 0 Å². The molecule has 0 heterocycles. The first kappa shape index (κ1) is 14.2. The van der Waals surface area contributed by atoms with Crippen LogP contribution in [0.3, 0.4) is 0 Å². The van der Waals surface area contributed by atoms with E-state index in [0.29, 0.717) is 6.04 Å². The van der Waals surface area contributed by atoms with Crippen LogP contribution in [0.15, 0.2) is 29.2 Å². The first-order valence-corrected chi connectivity index (χ1v) is 8.01. The van der Waals surface area contributed by atoms with Gasteiger partial charge in [0.1, 0.15) is 0 Å². The summed E-state index contributed by atoms with van der Waals surface area (Å²) in [6.07, 6.45) is 6.68. The van der Waals surface area contributed by atoms with Gasteiger partial charge in [-0.25, -0.2) is 0 Å². The predicted molar refractivity (Wildman–Crippen MR) is 79.9 cm³/mol. The first-order chi connectivity index (χ1) is 8.81. The molecule has 0 saturated heterocycles. The second-order valence-corrected chi connectivity index (χ2v) is 6.38. The van der Waals surface area contributed by atoms with Gasteiger partial charge in [0.25, 0.3) is 0 Å². The van der Waals surface area contributed by atoms with E-state index in [1.807, 2.05) is 18.2 Å². The molecule has 0 amide bonds. The lowest BCUT2D eigenvalue weighted by Crippen LogP contribution is -2.43. The zero-order valence-electron chi connectivity index (χ0n) is 10.6. The van der Waals surface area contributed by atoms with Crippen LogP contribution in [0.25, 0.3) is 0 Å². The number of nitrogens with one attached hydrogen (secondary N) is 1. The van der Waals surface area contributed by atoms with Crippen LogP contribution in [0.2, 0.25) is 5.02 Å².